The van der Waals surface area contributed by atoms with Crippen LogP contribution in [0.15, 0.2) is 12.1 Å². The van der Waals surface area contributed by atoms with Gasteiger partial charge < -0.3 is 10.0 Å². The second kappa shape index (κ2) is 4.61. The molecule has 0 bridgehead atoms. The highest BCUT2D eigenvalue weighted by molar-refractivity contribution is 6.31. The summed E-state index contributed by atoms with van der Waals surface area (Å²) < 4.78 is 39.3. The van der Waals surface area contributed by atoms with Gasteiger partial charge >= 0.3 is 6.18 Å². The van der Waals surface area contributed by atoms with Crippen molar-refractivity contribution in [1.82, 2.24) is 4.90 Å². The molecule has 2 atom stereocenters. The number of amides is 1. The van der Waals surface area contributed by atoms with Gasteiger partial charge in [-0.25, -0.2) is 0 Å². The summed E-state index contributed by atoms with van der Waals surface area (Å²) >= 11 is 5.71. The lowest BCUT2D eigenvalue weighted by molar-refractivity contribution is -0.137. The van der Waals surface area contributed by atoms with Crippen LogP contribution in [0.3, 0.4) is 0 Å². The number of hydrogen-bond acceptors (Lipinski definition) is 2. The van der Waals surface area contributed by atoms with Crippen LogP contribution in [-0.4, -0.2) is 22.0 Å². The number of nitrogens with zero attached hydrogens (tertiary/aromatic N) is 1. The predicted molar refractivity (Wildman–Crippen MR) is 69.8 cm³/mol. The van der Waals surface area contributed by atoms with E-state index in [1.54, 1.807) is 6.92 Å². The third-order valence-corrected chi connectivity index (χ3v) is 4.39. The largest absolute Gasteiger partial charge is 0.417 e. The Morgan fingerprint density at radius 3 is 2.52 bits per heavy atom. The minimum atomic E-state index is -4.69. The van der Waals surface area contributed by atoms with Crippen LogP contribution in [0.25, 0.3) is 0 Å². The van der Waals surface area contributed by atoms with Crippen molar-refractivity contribution in [3.63, 3.8) is 0 Å². The molecule has 114 valence electrons. The Balaban J connectivity index is 2.11. The van der Waals surface area contributed by atoms with E-state index in [2.05, 4.69) is 0 Å². The molecule has 0 saturated heterocycles. The topological polar surface area (TPSA) is 40.5 Å². The number of alkyl halides is 3. The molecule has 1 saturated carbocycles. The minimum absolute atomic E-state index is 0.0627. The maximum Gasteiger partial charge on any atom is 0.417 e. The van der Waals surface area contributed by atoms with E-state index in [-0.39, 0.29) is 22.5 Å². The Morgan fingerprint density at radius 2 is 2.00 bits per heavy atom. The van der Waals surface area contributed by atoms with Crippen molar-refractivity contribution >= 4 is 17.5 Å². The molecule has 3 nitrogen and oxygen atoms in total. The van der Waals surface area contributed by atoms with Gasteiger partial charge in [-0.15, -0.1) is 0 Å². The number of carbonyl (C=O) groups excluding carboxylic acids is 1. The normalized spacial score (nSPS) is 23.4. The third kappa shape index (κ3) is 2.30. The smallest absolute Gasteiger partial charge is 0.369 e. The number of hydrogen-bond donors (Lipinski definition) is 1. The van der Waals surface area contributed by atoms with Crippen LogP contribution < -0.4 is 0 Å². The van der Waals surface area contributed by atoms with Crippen LogP contribution in [0.5, 0.6) is 0 Å². The van der Waals surface area contributed by atoms with Gasteiger partial charge in [0.2, 0.25) is 0 Å². The van der Waals surface area contributed by atoms with Gasteiger partial charge in [-0.2, -0.15) is 13.2 Å². The Labute approximate surface area is 124 Å². The van der Waals surface area contributed by atoms with Gasteiger partial charge in [0, 0.05) is 16.6 Å². The first kappa shape index (κ1) is 14.7. The van der Waals surface area contributed by atoms with E-state index in [0.29, 0.717) is 0 Å². The van der Waals surface area contributed by atoms with Crippen molar-refractivity contribution in [3.8, 4) is 0 Å². The molecule has 1 aliphatic carbocycles. The fraction of sp³-hybridized carbons (Fsp3) is 0.500. The van der Waals surface area contributed by atoms with E-state index >= 15 is 0 Å². The fourth-order valence-corrected chi connectivity index (χ4v) is 3.12. The summed E-state index contributed by atoms with van der Waals surface area (Å²) in [5.74, 6) is -0.538. The first-order chi connectivity index (χ1) is 9.71. The summed E-state index contributed by atoms with van der Waals surface area (Å²) in [5.41, 5.74) is -1.63. The van der Waals surface area contributed by atoms with Crippen LogP contribution in [0.4, 0.5) is 13.2 Å². The first-order valence-electron chi connectivity index (χ1n) is 6.63. The second-order valence-corrected chi connectivity index (χ2v) is 6.02. The number of benzene rings is 1. The molecule has 1 N–H and O–H groups in total. The Hall–Kier alpha value is -1.27. The third-order valence-electron chi connectivity index (χ3n) is 4.17. The predicted octanol–water partition coefficient (Wildman–Crippen LogP) is 3.60. The summed E-state index contributed by atoms with van der Waals surface area (Å²) in [6, 6.07) is 1.67. The lowest BCUT2D eigenvalue weighted by atomic mass is 10.0. The van der Waals surface area contributed by atoms with Crippen molar-refractivity contribution in [2.45, 2.75) is 38.2 Å². The lowest BCUT2D eigenvalue weighted by Gasteiger charge is -2.28. The van der Waals surface area contributed by atoms with E-state index in [9.17, 15) is 23.1 Å². The minimum Gasteiger partial charge on any atom is -0.369 e. The maximum absolute atomic E-state index is 13.1. The van der Waals surface area contributed by atoms with Gasteiger partial charge in [0.15, 0.2) is 6.23 Å². The van der Waals surface area contributed by atoms with Gasteiger partial charge in [0.25, 0.3) is 5.91 Å². The highest BCUT2D eigenvalue weighted by atomic mass is 35.5. The van der Waals surface area contributed by atoms with Crippen molar-refractivity contribution in [2.75, 3.05) is 0 Å². The molecule has 3 rings (SSSR count). The van der Waals surface area contributed by atoms with E-state index in [4.69, 9.17) is 11.6 Å². The van der Waals surface area contributed by atoms with E-state index in [1.807, 2.05) is 0 Å². The van der Waals surface area contributed by atoms with Crippen LogP contribution in [0.2, 0.25) is 5.02 Å². The number of aliphatic hydroxyl groups is 1. The van der Waals surface area contributed by atoms with Crippen molar-refractivity contribution in [2.24, 2.45) is 5.92 Å². The van der Waals surface area contributed by atoms with Gasteiger partial charge in [-0.05, 0) is 37.8 Å². The number of rotatable bonds is 2. The van der Waals surface area contributed by atoms with E-state index < -0.39 is 29.4 Å². The second-order valence-electron chi connectivity index (χ2n) is 5.58. The average molecular weight is 320 g/mol. The van der Waals surface area contributed by atoms with Crippen molar-refractivity contribution in [1.29, 1.82) is 0 Å². The summed E-state index contributed by atoms with van der Waals surface area (Å²) in [6.07, 6.45) is -4.23. The summed E-state index contributed by atoms with van der Waals surface area (Å²) in [6.45, 7) is 1.75. The average Bonchev–Trinajstić information content (AvgIpc) is 3.17. The number of fused-ring (bicyclic) bond motifs is 1. The molecule has 1 heterocycles. The highest BCUT2D eigenvalue weighted by Crippen LogP contribution is 2.46. The zero-order chi connectivity index (χ0) is 15.5. The number of carbonyl (C=O) groups is 1. The Kier molecular flexibility index (Phi) is 3.22. The number of halogens is 4. The van der Waals surface area contributed by atoms with Gasteiger partial charge in [0.1, 0.15) is 0 Å². The Bertz CT molecular complexity index is 613. The molecule has 2 unspecified atom stereocenters. The van der Waals surface area contributed by atoms with Crippen LogP contribution >= 0.6 is 11.6 Å². The van der Waals surface area contributed by atoms with Crippen LogP contribution in [-0.2, 0) is 6.18 Å². The molecule has 0 aromatic heterocycles. The van der Waals surface area contributed by atoms with Crippen LogP contribution in [0, 0.1) is 5.92 Å². The van der Waals surface area contributed by atoms with Crippen LogP contribution in [0.1, 0.15) is 47.5 Å². The summed E-state index contributed by atoms with van der Waals surface area (Å²) in [4.78, 5) is 13.5. The molecule has 1 aromatic carbocycles. The first-order valence-corrected chi connectivity index (χ1v) is 7.01. The van der Waals surface area contributed by atoms with E-state index in [1.165, 1.54) is 6.07 Å². The lowest BCUT2D eigenvalue weighted by Crippen LogP contribution is -2.38. The SMILES string of the molecule is CC(C1CC1)N1C(=O)c2c(cc(Cl)cc2C(F)(F)F)C1O. The van der Waals surface area contributed by atoms with Crippen molar-refractivity contribution in [3.05, 3.63) is 33.8 Å². The molecular formula is C14H13ClF3NO2. The summed E-state index contributed by atoms with van der Waals surface area (Å²) in [7, 11) is 0. The molecule has 7 heteroatoms. The van der Waals surface area contributed by atoms with Crippen molar-refractivity contribution < 1.29 is 23.1 Å². The zero-order valence-electron chi connectivity index (χ0n) is 11.1. The quantitative estimate of drug-likeness (QED) is 0.904. The number of aliphatic hydroxyl groups excluding tert-OH is 1. The molecule has 1 fully saturated rings. The summed E-state index contributed by atoms with van der Waals surface area (Å²) in [5, 5.41) is 10.1. The van der Waals surface area contributed by atoms with Gasteiger partial charge in [-0.1, -0.05) is 11.6 Å². The monoisotopic (exact) mass is 319 g/mol. The molecule has 1 amide bonds. The molecule has 1 aliphatic heterocycles. The fourth-order valence-electron chi connectivity index (χ4n) is 2.90. The molecular weight excluding hydrogens is 307 g/mol. The van der Waals surface area contributed by atoms with Gasteiger partial charge in [-0.3, -0.25) is 4.79 Å². The highest BCUT2D eigenvalue weighted by Gasteiger charge is 2.48. The van der Waals surface area contributed by atoms with Gasteiger partial charge in [0.05, 0.1) is 11.1 Å². The molecule has 21 heavy (non-hydrogen) atoms. The molecule has 0 radical (unpaired) electrons. The van der Waals surface area contributed by atoms with E-state index in [0.717, 1.165) is 23.8 Å². The zero-order valence-corrected chi connectivity index (χ0v) is 11.9. The molecule has 2 aliphatic rings. The molecule has 0 spiro atoms. The Morgan fingerprint density at radius 1 is 1.38 bits per heavy atom. The maximum atomic E-state index is 13.1. The standard InChI is InChI=1S/C14H13ClF3NO2/c1-6(7-2-3-7)19-12(20)9-4-8(15)5-10(14(16,17)18)11(9)13(19)21/h4-7,12,20H,2-3H2,1H3. The molecule has 1 aromatic rings.